The van der Waals surface area contributed by atoms with Crippen LogP contribution >= 0.6 is 24.0 Å². The van der Waals surface area contributed by atoms with E-state index in [9.17, 15) is 0 Å². The molecule has 1 rings (SSSR count). The standard InChI is InChI=1S/C12H14OS2/c1-2-15-12(14)13-10-6-9-11-7-4-3-5-8-11/h3-9H,2,10H2,1H3/b9-6+. The molecule has 0 aromatic heterocycles. The molecular weight excluding hydrogens is 224 g/mol. The van der Waals surface area contributed by atoms with Gasteiger partial charge in [-0.25, -0.2) is 0 Å². The van der Waals surface area contributed by atoms with Crippen molar-refractivity contribution in [2.45, 2.75) is 6.92 Å². The van der Waals surface area contributed by atoms with E-state index in [0.717, 1.165) is 5.75 Å². The molecule has 1 nitrogen and oxygen atoms in total. The number of rotatable bonds is 4. The van der Waals surface area contributed by atoms with Crippen LogP contribution in [0.5, 0.6) is 0 Å². The molecule has 0 fully saturated rings. The van der Waals surface area contributed by atoms with Gasteiger partial charge in [-0.05, 0) is 29.6 Å². The highest BCUT2D eigenvalue weighted by atomic mass is 32.2. The Bertz CT molecular complexity index is 320. The van der Waals surface area contributed by atoms with Crippen LogP contribution in [-0.4, -0.2) is 16.7 Å². The van der Waals surface area contributed by atoms with E-state index in [1.165, 1.54) is 5.56 Å². The molecule has 0 aliphatic carbocycles. The van der Waals surface area contributed by atoms with E-state index in [1.54, 1.807) is 11.8 Å². The van der Waals surface area contributed by atoms with E-state index in [2.05, 4.69) is 19.1 Å². The molecule has 0 aliphatic heterocycles. The summed E-state index contributed by atoms with van der Waals surface area (Å²) in [7, 11) is 0. The summed E-state index contributed by atoms with van der Waals surface area (Å²) in [4.78, 5) is 0. The number of benzene rings is 1. The predicted molar refractivity (Wildman–Crippen MR) is 72.2 cm³/mol. The van der Waals surface area contributed by atoms with Gasteiger partial charge in [0.1, 0.15) is 6.61 Å². The van der Waals surface area contributed by atoms with Crippen molar-refractivity contribution >= 4 is 34.4 Å². The molecule has 0 spiro atoms. The summed E-state index contributed by atoms with van der Waals surface area (Å²) < 4.78 is 5.93. The summed E-state index contributed by atoms with van der Waals surface area (Å²) in [5, 5.41) is 0. The number of hydrogen-bond donors (Lipinski definition) is 0. The van der Waals surface area contributed by atoms with Crippen LogP contribution in [0, 0.1) is 0 Å². The van der Waals surface area contributed by atoms with Gasteiger partial charge in [-0.15, -0.1) is 0 Å². The molecule has 1 aromatic carbocycles. The van der Waals surface area contributed by atoms with Gasteiger partial charge in [0, 0.05) is 0 Å². The second-order valence-electron chi connectivity index (χ2n) is 2.81. The van der Waals surface area contributed by atoms with E-state index in [-0.39, 0.29) is 0 Å². The third kappa shape index (κ3) is 5.60. The molecule has 0 saturated heterocycles. The maximum absolute atomic E-state index is 5.31. The third-order valence-electron chi connectivity index (χ3n) is 1.67. The van der Waals surface area contributed by atoms with Crippen molar-refractivity contribution < 1.29 is 4.74 Å². The molecule has 3 heteroatoms. The van der Waals surface area contributed by atoms with E-state index >= 15 is 0 Å². The molecule has 0 radical (unpaired) electrons. The second kappa shape index (κ2) is 7.49. The van der Waals surface area contributed by atoms with E-state index in [0.29, 0.717) is 11.0 Å². The van der Waals surface area contributed by atoms with Gasteiger partial charge >= 0.3 is 0 Å². The molecule has 15 heavy (non-hydrogen) atoms. The van der Waals surface area contributed by atoms with Gasteiger partial charge < -0.3 is 4.74 Å². The molecular formula is C12H14OS2. The summed E-state index contributed by atoms with van der Waals surface area (Å²) in [6.07, 6.45) is 4.00. The van der Waals surface area contributed by atoms with Crippen LogP contribution in [0.2, 0.25) is 0 Å². The maximum atomic E-state index is 5.31. The van der Waals surface area contributed by atoms with Gasteiger partial charge in [0.2, 0.25) is 4.38 Å². The van der Waals surface area contributed by atoms with Crippen molar-refractivity contribution in [3.05, 3.63) is 42.0 Å². The first-order valence-electron chi connectivity index (χ1n) is 4.84. The molecule has 0 aliphatic rings. The summed E-state index contributed by atoms with van der Waals surface area (Å²) in [5.41, 5.74) is 1.18. The predicted octanol–water partition coefficient (Wildman–Crippen LogP) is 3.75. The van der Waals surface area contributed by atoms with Crippen molar-refractivity contribution in [3.63, 3.8) is 0 Å². The molecule has 0 heterocycles. The fourth-order valence-electron chi connectivity index (χ4n) is 1.02. The lowest BCUT2D eigenvalue weighted by Crippen LogP contribution is -1.96. The minimum Gasteiger partial charge on any atom is -0.474 e. The van der Waals surface area contributed by atoms with Gasteiger partial charge in [-0.1, -0.05) is 55.1 Å². The average Bonchev–Trinajstić information content (AvgIpc) is 2.26. The van der Waals surface area contributed by atoms with Crippen LogP contribution in [0.1, 0.15) is 12.5 Å². The van der Waals surface area contributed by atoms with Gasteiger partial charge in [0.25, 0.3) is 0 Å². The zero-order valence-corrected chi connectivity index (χ0v) is 10.3. The van der Waals surface area contributed by atoms with Crippen LogP contribution < -0.4 is 0 Å². The second-order valence-corrected chi connectivity index (χ2v) is 4.67. The topological polar surface area (TPSA) is 9.23 Å². The van der Waals surface area contributed by atoms with Gasteiger partial charge in [-0.2, -0.15) is 0 Å². The lowest BCUT2D eigenvalue weighted by molar-refractivity contribution is 0.371. The fraction of sp³-hybridized carbons (Fsp3) is 0.250. The molecule has 0 N–H and O–H groups in total. The normalized spacial score (nSPS) is 10.5. The minimum absolute atomic E-state index is 0.542. The number of thiocarbonyl (C=S) groups is 1. The Balaban J connectivity index is 2.26. The highest BCUT2D eigenvalue weighted by molar-refractivity contribution is 8.22. The van der Waals surface area contributed by atoms with Crippen LogP contribution in [0.25, 0.3) is 6.08 Å². The molecule has 0 atom stereocenters. The largest absolute Gasteiger partial charge is 0.474 e. The number of ether oxygens (including phenoxy) is 1. The highest BCUT2D eigenvalue weighted by Crippen LogP contribution is 2.05. The van der Waals surface area contributed by atoms with Crippen LogP contribution in [-0.2, 0) is 4.74 Å². The molecule has 0 bridgehead atoms. The average molecular weight is 238 g/mol. The zero-order chi connectivity index (χ0) is 10.9. The first-order chi connectivity index (χ1) is 7.33. The monoisotopic (exact) mass is 238 g/mol. The van der Waals surface area contributed by atoms with E-state index in [4.69, 9.17) is 17.0 Å². The smallest absolute Gasteiger partial charge is 0.220 e. The minimum atomic E-state index is 0.542. The van der Waals surface area contributed by atoms with E-state index < -0.39 is 0 Å². The first-order valence-corrected chi connectivity index (χ1v) is 6.23. The van der Waals surface area contributed by atoms with Gasteiger partial charge in [0.05, 0.1) is 0 Å². The summed E-state index contributed by atoms with van der Waals surface area (Å²) in [5.74, 6) is 0.960. The number of hydrogen-bond acceptors (Lipinski definition) is 3. The van der Waals surface area contributed by atoms with E-state index in [1.807, 2.05) is 30.4 Å². The van der Waals surface area contributed by atoms with Crippen LogP contribution in [0.15, 0.2) is 36.4 Å². The Morgan fingerprint density at radius 1 is 1.40 bits per heavy atom. The SMILES string of the molecule is CCSC(=S)OC/C=C/c1ccccc1. The molecule has 80 valence electrons. The maximum Gasteiger partial charge on any atom is 0.220 e. The first kappa shape index (κ1) is 12.3. The van der Waals surface area contributed by atoms with Crippen molar-refractivity contribution in [1.29, 1.82) is 0 Å². The quantitative estimate of drug-likeness (QED) is 0.739. The van der Waals surface area contributed by atoms with Crippen molar-refractivity contribution in [3.8, 4) is 0 Å². The summed E-state index contributed by atoms with van der Waals surface area (Å²) in [6, 6.07) is 10.1. The molecule has 1 aromatic rings. The summed E-state index contributed by atoms with van der Waals surface area (Å²) in [6.45, 7) is 2.60. The van der Waals surface area contributed by atoms with Crippen LogP contribution in [0.3, 0.4) is 0 Å². The zero-order valence-electron chi connectivity index (χ0n) is 8.68. The van der Waals surface area contributed by atoms with Crippen molar-refractivity contribution in [2.75, 3.05) is 12.4 Å². The third-order valence-corrected chi connectivity index (χ3v) is 2.78. The van der Waals surface area contributed by atoms with Crippen molar-refractivity contribution in [2.24, 2.45) is 0 Å². The van der Waals surface area contributed by atoms with Crippen molar-refractivity contribution in [1.82, 2.24) is 0 Å². The molecule has 0 saturated carbocycles. The summed E-state index contributed by atoms with van der Waals surface area (Å²) >= 11 is 6.54. The molecule has 0 unspecified atom stereocenters. The Kier molecular flexibility index (Phi) is 6.12. The fourth-order valence-corrected chi connectivity index (χ4v) is 1.83. The molecule has 0 amide bonds. The Morgan fingerprint density at radius 2 is 2.13 bits per heavy atom. The lowest BCUT2D eigenvalue weighted by atomic mass is 10.2. The Labute approximate surface area is 101 Å². The van der Waals surface area contributed by atoms with Crippen LogP contribution in [0.4, 0.5) is 0 Å². The highest BCUT2D eigenvalue weighted by Gasteiger charge is 1.93. The Morgan fingerprint density at radius 3 is 2.80 bits per heavy atom. The van der Waals surface area contributed by atoms with Gasteiger partial charge in [0.15, 0.2) is 0 Å². The lowest BCUT2D eigenvalue weighted by Gasteiger charge is -2.01. The van der Waals surface area contributed by atoms with Gasteiger partial charge in [-0.3, -0.25) is 0 Å². The number of thioether (sulfide) groups is 1. The Hall–Kier alpha value is -0.800.